The number of benzene rings is 2. The van der Waals surface area contributed by atoms with E-state index < -0.39 is 18.5 Å². The van der Waals surface area contributed by atoms with Crippen molar-refractivity contribution in [3.05, 3.63) is 71.5 Å². The normalized spacial score (nSPS) is 10.6. The molecule has 7 nitrogen and oxygen atoms in total. The molecule has 0 unspecified atom stereocenters. The fourth-order valence-corrected chi connectivity index (χ4v) is 3.11. The lowest BCUT2D eigenvalue weighted by Crippen LogP contribution is -2.16. The Hall–Kier alpha value is -4.01. The van der Waals surface area contributed by atoms with Crippen molar-refractivity contribution in [3.8, 4) is 22.6 Å². The molecule has 0 saturated heterocycles. The molecular weight excluding hydrogens is 434 g/mol. The van der Waals surface area contributed by atoms with E-state index in [9.17, 15) is 18.4 Å². The summed E-state index contributed by atoms with van der Waals surface area (Å²) < 4.78 is 40.5. The number of rotatable bonds is 8. The maximum atomic E-state index is 12.9. The van der Waals surface area contributed by atoms with Crippen LogP contribution in [0, 0.1) is 6.92 Å². The Balaban J connectivity index is 1.88. The molecule has 0 saturated carbocycles. The van der Waals surface area contributed by atoms with E-state index in [1.165, 1.54) is 37.4 Å². The molecule has 0 aliphatic heterocycles. The number of hydrogen-bond donors (Lipinski definition) is 1. The van der Waals surface area contributed by atoms with Crippen LogP contribution in [0.1, 0.15) is 33.5 Å². The number of hydrogen-bond acceptors (Lipinski definition) is 6. The van der Waals surface area contributed by atoms with Gasteiger partial charge in [0.2, 0.25) is 0 Å². The van der Waals surface area contributed by atoms with Crippen LogP contribution in [0.2, 0.25) is 0 Å². The second-order valence-corrected chi connectivity index (χ2v) is 6.82. The third-order valence-corrected chi connectivity index (χ3v) is 4.67. The van der Waals surface area contributed by atoms with Gasteiger partial charge in [-0.15, -0.1) is 0 Å². The zero-order chi connectivity index (χ0) is 24.0. The molecule has 33 heavy (non-hydrogen) atoms. The van der Waals surface area contributed by atoms with E-state index >= 15 is 0 Å². The van der Waals surface area contributed by atoms with Crippen LogP contribution in [0.3, 0.4) is 0 Å². The number of ether oxygens (including phenoxy) is 3. The van der Waals surface area contributed by atoms with E-state index in [0.717, 1.165) is 0 Å². The minimum atomic E-state index is -3.01. The summed E-state index contributed by atoms with van der Waals surface area (Å²) in [4.78, 5) is 28.8. The van der Waals surface area contributed by atoms with Crippen LogP contribution in [0.15, 0.2) is 54.6 Å². The zero-order valence-electron chi connectivity index (χ0n) is 18.2. The molecule has 1 heterocycles. The molecule has 9 heteroatoms. The summed E-state index contributed by atoms with van der Waals surface area (Å²) in [5, 5.41) is 2.69. The summed E-state index contributed by atoms with van der Waals surface area (Å²) >= 11 is 0. The van der Waals surface area contributed by atoms with Gasteiger partial charge in [0.1, 0.15) is 17.2 Å². The lowest BCUT2D eigenvalue weighted by molar-refractivity contribution is -0.0494. The van der Waals surface area contributed by atoms with Crippen molar-refractivity contribution in [2.24, 2.45) is 0 Å². The first-order valence-electron chi connectivity index (χ1n) is 10.0. The van der Waals surface area contributed by atoms with Crippen LogP contribution in [0.4, 0.5) is 14.5 Å². The van der Waals surface area contributed by atoms with Crippen LogP contribution in [0.25, 0.3) is 11.1 Å². The number of methoxy groups -OCH3 is 1. The van der Waals surface area contributed by atoms with Gasteiger partial charge in [-0.1, -0.05) is 12.1 Å². The Kier molecular flexibility index (Phi) is 7.55. The molecule has 3 aromatic rings. The summed E-state index contributed by atoms with van der Waals surface area (Å²) in [7, 11) is 1.52. The Morgan fingerprint density at radius 1 is 1.06 bits per heavy atom. The number of alkyl halides is 2. The largest absolute Gasteiger partial charge is 0.497 e. The number of pyridine rings is 1. The van der Waals surface area contributed by atoms with Crippen LogP contribution in [-0.4, -0.2) is 37.2 Å². The Morgan fingerprint density at radius 2 is 1.79 bits per heavy atom. The molecule has 0 atom stereocenters. The molecular formula is C24H22F2N2O5. The highest BCUT2D eigenvalue weighted by Gasteiger charge is 2.17. The first kappa shape index (κ1) is 23.6. The molecule has 1 aromatic heterocycles. The van der Waals surface area contributed by atoms with Gasteiger partial charge < -0.3 is 19.5 Å². The Bertz CT molecular complexity index is 1150. The van der Waals surface area contributed by atoms with E-state index in [1.54, 1.807) is 38.1 Å². The molecule has 0 aliphatic carbocycles. The molecule has 172 valence electrons. The third-order valence-electron chi connectivity index (χ3n) is 4.67. The predicted octanol–water partition coefficient (Wildman–Crippen LogP) is 5.10. The van der Waals surface area contributed by atoms with Crippen molar-refractivity contribution >= 4 is 17.6 Å². The van der Waals surface area contributed by atoms with Gasteiger partial charge in [-0.05, 0) is 61.9 Å². The number of nitrogens with zero attached hydrogens (tertiary/aromatic N) is 1. The van der Waals surface area contributed by atoms with Gasteiger partial charge in [-0.2, -0.15) is 8.78 Å². The van der Waals surface area contributed by atoms with Crippen LogP contribution in [0.5, 0.6) is 11.5 Å². The Labute approximate surface area is 189 Å². The molecule has 1 N–H and O–H groups in total. The van der Waals surface area contributed by atoms with Gasteiger partial charge in [0.15, 0.2) is 0 Å². The summed E-state index contributed by atoms with van der Waals surface area (Å²) in [6, 6.07) is 14.0. The number of aromatic nitrogens is 1. The van der Waals surface area contributed by atoms with Crippen molar-refractivity contribution in [3.63, 3.8) is 0 Å². The number of aryl methyl sites for hydroxylation is 1. The molecule has 0 spiro atoms. The second-order valence-electron chi connectivity index (χ2n) is 6.82. The van der Waals surface area contributed by atoms with Crippen LogP contribution in [-0.2, 0) is 4.74 Å². The minimum Gasteiger partial charge on any atom is -0.497 e. The summed E-state index contributed by atoms with van der Waals surface area (Å²) in [6.45, 7) is 0.511. The van der Waals surface area contributed by atoms with E-state index in [-0.39, 0.29) is 23.6 Å². The number of esters is 1. The van der Waals surface area contributed by atoms with Gasteiger partial charge in [-0.25, -0.2) is 9.78 Å². The number of nitrogens with one attached hydrogen (secondary N) is 1. The second kappa shape index (κ2) is 10.5. The van der Waals surface area contributed by atoms with Crippen LogP contribution < -0.4 is 14.8 Å². The molecule has 0 aliphatic rings. The van der Waals surface area contributed by atoms with Crippen LogP contribution >= 0.6 is 0 Å². The smallest absolute Gasteiger partial charge is 0.387 e. The van der Waals surface area contributed by atoms with Gasteiger partial charge >= 0.3 is 12.6 Å². The highest BCUT2D eigenvalue weighted by molar-refractivity contribution is 6.04. The summed E-state index contributed by atoms with van der Waals surface area (Å²) in [6.07, 6.45) is 0. The van der Waals surface area contributed by atoms with Crippen molar-refractivity contribution in [2.45, 2.75) is 20.5 Å². The predicted molar refractivity (Wildman–Crippen MR) is 118 cm³/mol. The number of anilines is 1. The first-order valence-corrected chi connectivity index (χ1v) is 10.0. The van der Waals surface area contributed by atoms with E-state index in [4.69, 9.17) is 9.47 Å². The molecule has 0 fully saturated rings. The maximum Gasteiger partial charge on any atom is 0.387 e. The number of carbonyl (C=O) groups excluding carboxylic acids is 2. The zero-order valence-corrected chi connectivity index (χ0v) is 18.2. The topological polar surface area (TPSA) is 86.8 Å². The molecule has 3 rings (SSSR count). The average molecular weight is 456 g/mol. The maximum absolute atomic E-state index is 12.9. The monoisotopic (exact) mass is 456 g/mol. The average Bonchev–Trinajstić information content (AvgIpc) is 2.79. The van der Waals surface area contributed by atoms with Gasteiger partial charge in [0.05, 0.1) is 25.0 Å². The summed E-state index contributed by atoms with van der Waals surface area (Å²) in [5.41, 5.74) is 2.00. The SMILES string of the molecule is CCOC(=O)c1ccc(C(=O)Nc2ccc(OC(F)F)c(-c3ccc(OC)cc3)c2)nc1C. The van der Waals surface area contributed by atoms with Crippen molar-refractivity contribution < 1.29 is 32.6 Å². The fraction of sp³-hybridized carbons (Fsp3) is 0.208. The third kappa shape index (κ3) is 5.82. The fourth-order valence-electron chi connectivity index (χ4n) is 3.11. The lowest BCUT2D eigenvalue weighted by Gasteiger charge is -2.14. The first-order chi connectivity index (χ1) is 15.8. The quantitative estimate of drug-likeness (QED) is 0.475. The van der Waals surface area contributed by atoms with Gasteiger partial charge in [-0.3, -0.25) is 4.79 Å². The number of carbonyl (C=O) groups is 2. The van der Waals surface area contributed by atoms with E-state index in [1.807, 2.05) is 0 Å². The standard InChI is InChI=1S/C24H22F2N2O5/c1-4-32-23(30)18-10-11-20(27-14(18)2)22(29)28-16-7-12-21(33-24(25)26)19(13-16)15-5-8-17(31-3)9-6-15/h5-13,24H,4H2,1-3H3,(H,28,29). The van der Waals surface area contributed by atoms with Crippen molar-refractivity contribution in [1.82, 2.24) is 4.98 Å². The summed E-state index contributed by atoms with van der Waals surface area (Å²) in [5.74, 6) is -0.488. The van der Waals surface area contributed by atoms with Crippen molar-refractivity contribution in [1.29, 1.82) is 0 Å². The molecule has 0 radical (unpaired) electrons. The lowest BCUT2D eigenvalue weighted by atomic mass is 10.0. The minimum absolute atomic E-state index is 0.0408. The van der Waals surface area contributed by atoms with E-state index in [2.05, 4.69) is 15.0 Å². The number of amides is 1. The number of halogens is 2. The molecule has 0 bridgehead atoms. The molecule has 1 amide bonds. The van der Waals surface area contributed by atoms with Gasteiger partial charge in [0, 0.05) is 11.3 Å². The Morgan fingerprint density at radius 3 is 2.39 bits per heavy atom. The van der Waals surface area contributed by atoms with Gasteiger partial charge in [0.25, 0.3) is 5.91 Å². The van der Waals surface area contributed by atoms with E-state index in [0.29, 0.717) is 28.3 Å². The highest BCUT2D eigenvalue weighted by Crippen LogP contribution is 2.34. The molecule has 2 aromatic carbocycles. The highest BCUT2D eigenvalue weighted by atomic mass is 19.3. The van der Waals surface area contributed by atoms with Crippen molar-refractivity contribution in [2.75, 3.05) is 19.0 Å².